The van der Waals surface area contributed by atoms with Gasteiger partial charge in [-0.2, -0.15) is 0 Å². The molecule has 0 amide bonds. The van der Waals surface area contributed by atoms with Crippen LogP contribution in [0, 0.1) is 18.7 Å². The third-order valence-corrected chi connectivity index (χ3v) is 5.09. The van der Waals surface area contributed by atoms with E-state index in [1.807, 2.05) is 13.0 Å². The molecule has 0 radical (unpaired) electrons. The van der Waals surface area contributed by atoms with Crippen molar-refractivity contribution in [3.63, 3.8) is 0 Å². The molecule has 1 aromatic carbocycles. The molecule has 4 heteroatoms. The van der Waals surface area contributed by atoms with Gasteiger partial charge in [0.2, 0.25) is 0 Å². The number of nitrogens with zero attached hydrogens (tertiary/aromatic N) is 1. The highest BCUT2D eigenvalue weighted by molar-refractivity contribution is 6.31. The molecular formula is C16H22ClFN2. The summed E-state index contributed by atoms with van der Waals surface area (Å²) in [5.74, 6) is 0.454. The number of hydrogen-bond acceptors (Lipinski definition) is 2. The van der Waals surface area contributed by atoms with E-state index >= 15 is 0 Å². The lowest BCUT2D eigenvalue weighted by Gasteiger charge is -2.43. The first-order chi connectivity index (χ1) is 9.68. The molecule has 1 atom stereocenters. The van der Waals surface area contributed by atoms with Gasteiger partial charge in [0.1, 0.15) is 5.82 Å². The van der Waals surface area contributed by atoms with Crippen molar-refractivity contribution in [2.24, 2.45) is 5.92 Å². The van der Waals surface area contributed by atoms with E-state index in [1.165, 1.54) is 19.3 Å². The van der Waals surface area contributed by atoms with Crippen LogP contribution in [0.25, 0.3) is 0 Å². The van der Waals surface area contributed by atoms with E-state index < -0.39 is 0 Å². The largest absolute Gasteiger partial charge is 0.314 e. The Hall–Kier alpha value is -0.640. The van der Waals surface area contributed by atoms with Crippen LogP contribution in [0.15, 0.2) is 12.1 Å². The Kier molecular flexibility index (Phi) is 4.29. The topological polar surface area (TPSA) is 15.3 Å². The van der Waals surface area contributed by atoms with Gasteiger partial charge in [0, 0.05) is 42.8 Å². The van der Waals surface area contributed by atoms with E-state index in [1.54, 1.807) is 6.07 Å². The molecule has 2 nitrogen and oxygen atoms in total. The van der Waals surface area contributed by atoms with Crippen molar-refractivity contribution in [2.75, 3.05) is 26.2 Å². The standard InChI is InChI=1S/C16H22ClFN2/c1-11-5-6-13(17)14(15(11)18)16(12-3-2-4-12)20-9-7-19-8-10-20/h5-6,12,16,19H,2-4,7-10H2,1H3/t16-/m0/s1. The lowest BCUT2D eigenvalue weighted by Crippen LogP contribution is -2.48. The van der Waals surface area contributed by atoms with Crippen molar-refractivity contribution >= 4 is 11.6 Å². The first kappa shape index (κ1) is 14.3. The summed E-state index contributed by atoms with van der Waals surface area (Å²) in [4.78, 5) is 2.42. The molecule has 1 N–H and O–H groups in total. The molecule has 2 fully saturated rings. The fourth-order valence-corrected chi connectivity index (χ4v) is 3.64. The molecule has 1 aliphatic carbocycles. The van der Waals surface area contributed by atoms with Gasteiger partial charge < -0.3 is 5.32 Å². The van der Waals surface area contributed by atoms with E-state index in [2.05, 4.69) is 10.2 Å². The molecule has 1 saturated heterocycles. The van der Waals surface area contributed by atoms with Crippen molar-refractivity contribution in [3.05, 3.63) is 34.1 Å². The van der Waals surface area contributed by atoms with Gasteiger partial charge in [-0.05, 0) is 37.3 Å². The summed E-state index contributed by atoms with van der Waals surface area (Å²) in [6, 6.07) is 3.78. The molecule has 20 heavy (non-hydrogen) atoms. The van der Waals surface area contributed by atoms with Crippen LogP contribution in [0.1, 0.15) is 36.4 Å². The number of halogens is 2. The first-order valence-electron chi connectivity index (χ1n) is 7.57. The predicted molar refractivity (Wildman–Crippen MR) is 80.7 cm³/mol. The van der Waals surface area contributed by atoms with Gasteiger partial charge in [-0.3, -0.25) is 4.90 Å². The number of piperazine rings is 1. The quantitative estimate of drug-likeness (QED) is 0.918. The van der Waals surface area contributed by atoms with Crippen LogP contribution in [0.3, 0.4) is 0 Å². The van der Waals surface area contributed by atoms with E-state index in [0.717, 1.165) is 31.7 Å². The van der Waals surface area contributed by atoms with E-state index in [0.29, 0.717) is 16.5 Å². The van der Waals surface area contributed by atoms with Crippen LogP contribution in [-0.4, -0.2) is 31.1 Å². The third-order valence-electron chi connectivity index (χ3n) is 4.76. The molecule has 110 valence electrons. The molecule has 0 aromatic heterocycles. The van der Waals surface area contributed by atoms with Gasteiger partial charge in [0.15, 0.2) is 0 Å². The van der Waals surface area contributed by atoms with E-state index in [-0.39, 0.29) is 11.9 Å². The summed E-state index contributed by atoms with van der Waals surface area (Å²) in [6.45, 7) is 5.74. The molecule has 1 saturated carbocycles. The van der Waals surface area contributed by atoms with Crippen LogP contribution in [0.2, 0.25) is 5.02 Å². The Bertz CT molecular complexity index is 482. The van der Waals surface area contributed by atoms with Crippen LogP contribution >= 0.6 is 11.6 Å². The fourth-order valence-electron chi connectivity index (χ4n) is 3.38. The maximum absolute atomic E-state index is 14.7. The third kappa shape index (κ3) is 2.59. The lowest BCUT2D eigenvalue weighted by molar-refractivity contribution is 0.0812. The highest BCUT2D eigenvalue weighted by atomic mass is 35.5. The summed E-state index contributed by atoms with van der Waals surface area (Å²) >= 11 is 6.36. The molecule has 1 aliphatic heterocycles. The maximum atomic E-state index is 14.7. The predicted octanol–water partition coefficient (Wildman–Crippen LogP) is 3.53. The molecule has 0 unspecified atom stereocenters. The summed E-state index contributed by atoms with van der Waals surface area (Å²) in [5, 5.41) is 3.95. The normalized spacial score (nSPS) is 22.6. The molecule has 0 bridgehead atoms. The summed E-state index contributed by atoms with van der Waals surface area (Å²) in [7, 11) is 0. The minimum atomic E-state index is -0.104. The van der Waals surface area contributed by atoms with E-state index in [9.17, 15) is 4.39 Å². The maximum Gasteiger partial charge on any atom is 0.132 e. The summed E-state index contributed by atoms with van der Waals surface area (Å²) in [6.07, 6.45) is 3.65. The molecular weight excluding hydrogens is 275 g/mol. The number of nitrogens with one attached hydrogen (secondary N) is 1. The van der Waals surface area contributed by atoms with Gasteiger partial charge >= 0.3 is 0 Å². The zero-order valence-corrected chi connectivity index (χ0v) is 12.7. The smallest absolute Gasteiger partial charge is 0.132 e. The molecule has 0 spiro atoms. The number of rotatable bonds is 3. The average molecular weight is 297 g/mol. The van der Waals surface area contributed by atoms with Crippen LogP contribution in [0.5, 0.6) is 0 Å². The molecule has 2 aliphatic rings. The molecule has 1 aromatic rings. The van der Waals surface area contributed by atoms with Crippen LogP contribution in [-0.2, 0) is 0 Å². The van der Waals surface area contributed by atoms with Crippen molar-refractivity contribution in [2.45, 2.75) is 32.2 Å². The van der Waals surface area contributed by atoms with Gasteiger partial charge in [0.05, 0.1) is 0 Å². The van der Waals surface area contributed by atoms with Gasteiger partial charge in [-0.15, -0.1) is 0 Å². The lowest BCUT2D eigenvalue weighted by atomic mass is 9.76. The monoisotopic (exact) mass is 296 g/mol. The Morgan fingerprint density at radius 3 is 2.60 bits per heavy atom. The highest BCUT2D eigenvalue weighted by Gasteiger charge is 2.36. The van der Waals surface area contributed by atoms with Crippen molar-refractivity contribution < 1.29 is 4.39 Å². The minimum Gasteiger partial charge on any atom is -0.314 e. The Balaban J connectivity index is 1.98. The SMILES string of the molecule is Cc1ccc(Cl)c([C@H](C2CCC2)N2CCNCC2)c1F. The second-order valence-corrected chi connectivity index (χ2v) is 6.42. The Morgan fingerprint density at radius 2 is 2.00 bits per heavy atom. The molecule has 3 rings (SSSR count). The minimum absolute atomic E-state index is 0.104. The zero-order chi connectivity index (χ0) is 14.1. The highest BCUT2D eigenvalue weighted by Crippen LogP contribution is 2.44. The Labute approximate surface area is 125 Å². The average Bonchev–Trinajstić information content (AvgIpc) is 2.41. The Morgan fingerprint density at radius 1 is 1.30 bits per heavy atom. The summed E-state index contributed by atoms with van der Waals surface area (Å²) in [5.41, 5.74) is 1.43. The van der Waals surface area contributed by atoms with Crippen LogP contribution in [0.4, 0.5) is 4.39 Å². The number of benzene rings is 1. The van der Waals surface area contributed by atoms with Crippen molar-refractivity contribution in [1.82, 2.24) is 10.2 Å². The van der Waals surface area contributed by atoms with Gasteiger partial charge in [0.25, 0.3) is 0 Å². The number of aryl methyl sites for hydroxylation is 1. The van der Waals surface area contributed by atoms with Crippen molar-refractivity contribution in [1.29, 1.82) is 0 Å². The second-order valence-electron chi connectivity index (χ2n) is 6.01. The summed E-state index contributed by atoms with van der Waals surface area (Å²) < 4.78 is 14.7. The van der Waals surface area contributed by atoms with Crippen molar-refractivity contribution in [3.8, 4) is 0 Å². The zero-order valence-electron chi connectivity index (χ0n) is 12.0. The fraction of sp³-hybridized carbons (Fsp3) is 0.625. The van der Waals surface area contributed by atoms with Gasteiger partial charge in [-0.1, -0.05) is 24.1 Å². The van der Waals surface area contributed by atoms with Crippen LogP contribution < -0.4 is 5.32 Å². The molecule has 1 heterocycles. The first-order valence-corrected chi connectivity index (χ1v) is 7.95. The van der Waals surface area contributed by atoms with E-state index in [4.69, 9.17) is 11.6 Å². The second kappa shape index (κ2) is 6.00. The van der Waals surface area contributed by atoms with Gasteiger partial charge in [-0.25, -0.2) is 4.39 Å². The number of hydrogen-bond donors (Lipinski definition) is 1.